The fourth-order valence-corrected chi connectivity index (χ4v) is 2.20. The SMILES string of the molecule is CCCn1c(CCOCC)nnc1SCC(=O)O. The summed E-state index contributed by atoms with van der Waals surface area (Å²) in [4.78, 5) is 10.6. The number of carbonyl (C=O) groups is 1. The van der Waals surface area contributed by atoms with Crippen molar-refractivity contribution in [2.24, 2.45) is 0 Å². The molecule has 1 aromatic rings. The van der Waals surface area contributed by atoms with Gasteiger partial charge in [-0.3, -0.25) is 4.79 Å². The molecular weight excluding hydrogens is 254 g/mol. The number of hydrogen-bond donors (Lipinski definition) is 1. The van der Waals surface area contributed by atoms with E-state index in [4.69, 9.17) is 9.84 Å². The van der Waals surface area contributed by atoms with Gasteiger partial charge in [0, 0.05) is 19.6 Å². The highest BCUT2D eigenvalue weighted by Crippen LogP contribution is 2.17. The van der Waals surface area contributed by atoms with Crippen LogP contribution in [0.15, 0.2) is 5.16 Å². The Morgan fingerprint density at radius 2 is 2.22 bits per heavy atom. The fourth-order valence-electron chi connectivity index (χ4n) is 1.49. The maximum Gasteiger partial charge on any atom is 0.313 e. The first-order valence-electron chi connectivity index (χ1n) is 6.03. The summed E-state index contributed by atoms with van der Waals surface area (Å²) in [6.07, 6.45) is 1.66. The van der Waals surface area contributed by atoms with Crippen molar-refractivity contribution in [3.05, 3.63) is 5.82 Å². The summed E-state index contributed by atoms with van der Waals surface area (Å²) in [6, 6.07) is 0. The van der Waals surface area contributed by atoms with Crippen LogP contribution < -0.4 is 0 Å². The molecule has 102 valence electrons. The number of thioether (sulfide) groups is 1. The van der Waals surface area contributed by atoms with E-state index in [1.165, 1.54) is 11.8 Å². The van der Waals surface area contributed by atoms with Crippen LogP contribution in [0.1, 0.15) is 26.1 Å². The van der Waals surface area contributed by atoms with Crippen LogP contribution in [0, 0.1) is 0 Å². The van der Waals surface area contributed by atoms with Gasteiger partial charge in [0.15, 0.2) is 5.16 Å². The van der Waals surface area contributed by atoms with Gasteiger partial charge in [-0.1, -0.05) is 18.7 Å². The molecule has 0 saturated heterocycles. The average molecular weight is 273 g/mol. The molecule has 7 heteroatoms. The highest BCUT2D eigenvalue weighted by Gasteiger charge is 2.13. The zero-order valence-electron chi connectivity index (χ0n) is 10.8. The molecule has 0 unspecified atom stereocenters. The van der Waals surface area contributed by atoms with Gasteiger partial charge in [0.05, 0.1) is 12.4 Å². The Labute approximate surface area is 111 Å². The second kappa shape index (κ2) is 8.10. The summed E-state index contributed by atoms with van der Waals surface area (Å²) >= 11 is 1.20. The average Bonchev–Trinajstić information content (AvgIpc) is 2.71. The van der Waals surface area contributed by atoms with Gasteiger partial charge in [-0.05, 0) is 13.3 Å². The molecule has 0 saturated carbocycles. The lowest BCUT2D eigenvalue weighted by molar-refractivity contribution is -0.133. The van der Waals surface area contributed by atoms with Gasteiger partial charge in [-0.15, -0.1) is 10.2 Å². The zero-order chi connectivity index (χ0) is 13.4. The molecular formula is C11H19N3O3S. The number of hydrogen-bond acceptors (Lipinski definition) is 5. The zero-order valence-corrected chi connectivity index (χ0v) is 11.6. The van der Waals surface area contributed by atoms with Crippen LogP contribution in [0.25, 0.3) is 0 Å². The number of carboxylic acid groups (broad SMARTS) is 1. The topological polar surface area (TPSA) is 77.2 Å². The van der Waals surface area contributed by atoms with Crippen LogP contribution in [0.2, 0.25) is 0 Å². The second-order valence-corrected chi connectivity index (χ2v) is 4.62. The summed E-state index contributed by atoms with van der Waals surface area (Å²) in [5.41, 5.74) is 0. The highest BCUT2D eigenvalue weighted by molar-refractivity contribution is 7.99. The third-order valence-electron chi connectivity index (χ3n) is 2.24. The van der Waals surface area contributed by atoms with Gasteiger partial charge in [-0.2, -0.15) is 0 Å². The molecule has 0 fully saturated rings. The molecule has 0 radical (unpaired) electrons. The molecule has 0 aliphatic rings. The third-order valence-corrected chi connectivity index (χ3v) is 3.19. The monoisotopic (exact) mass is 273 g/mol. The Hall–Kier alpha value is -1.08. The van der Waals surface area contributed by atoms with E-state index in [0.717, 1.165) is 18.8 Å². The Balaban J connectivity index is 2.68. The number of aliphatic carboxylic acids is 1. The van der Waals surface area contributed by atoms with E-state index < -0.39 is 5.97 Å². The van der Waals surface area contributed by atoms with Gasteiger partial charge in [0.1, 0.15) is 5.82 Å². The smallest absolute Gasteiger partial charge is 0.313 e. The van der Waals surface area contributed by atoms with Crippen LogP contribution in [0.5, 0.6) is 0 Å². The van der Waals surface area contributed by atoms with E-state index in [2.05, 4.69) is 17.1 Å². The molecule has 18 heavy (non-hydrogen) atoms. The van der Waals surface area contributed by atoms with Crippen molar-refractivity contribution >= 4 is 17.7 Å². The maximum absolute atomic E-state index is 10.6. The van der Waals surface area contributed by atoms with Gasteiger partial charge in [-0.25, -0.2) is 0 Å². The second-order valence-electron chi connectivity index (χ2n) is 3.68. The molecule has 0 aliphatic carbocycles. The molecule has 0 aromatic carbocycles. The normalized spacial score (nSPS) is 10.8. The van der Waals surface area contributed by atoms with Crippen molar-refractivity contribution in [3.63, 3.8) is 0 Å². The maximum atomic E-state index is 10.6. The minimum Gasteiger partial charge on any atom is -0.481 e. The molecule has 1 heterocycles. The number of rotatable bonds is 9. The Bertz CT molecular complexity index is 382. The van der Waals surface area contributed by atoms with Gasteiger partial charge in [0.25, 0.3) is 0 Å². The Morgan fingerprint density at radius 3 is 2.83 bits per heavy atom. The fraction of sp³-hybridized carbons (Fsp3) is 0.727. The summed E-state index contributed by atoms with van der Waals surface area (Å²) < 4.78 is 7.27. The van der Waals surface area contributed by atoms with Gasteiger partial charge >= 0.3 is 5.97 Å². The Morgan fingerprint density at radius 1 is 1.44 bits per heavy atom. The minimum absolute atomic E-state index is 0.00725. The standard InChI is InChI=1S/C11H19N3O3S/c1-3-6-14-9(5-7-17-4-2)12-13-11(14)18-8-10(15)16/h3-8H2,1-2H3,(H,15,16). The predicted molar refractivity (Wildman–Crippen MR) is 68.9 cm³/mol. The predicted octanol–water partition coefficient (Wildman–Crippen LogP) is 1.44. The van der Waals surface area contributed by atoms with E-state index in [0.29, 0.717) is 24.8 Å². The summed E-state index contributed by atoms with van der Waals surface area (Å²) in [6.45, 7) is 6.11. The van der Waals surface area contributed by atoms with Crippen molar-refractivity contribution < 1.29 is 14.6 Å². The minimum atomic E-state index is -0.845. The van der Waals surface area contributed by atoms with Gasteiger partial charge < -0.3 is 14.4 Å². The summed E-state index contributed by atoms with van der Waals surface area (Å²) in [7, 11) is 0. The lowest BCUT2D eigenvalue weighted by Crippen LogP contribution is -2.09. The number of ether oxygens (including phenoxy) is 1. The van der Waals surface area contributed by atoms with Crippen molar-refractivity contribution in [2.75, 3.05) is 19.0 Å². The van der Waals surface area contributed by atoms with Crippen LogP contribution in [-0.2, 0) is 22.5 Å². The number of aromatic nitrogens is 3. The van der Waals surface area contributed by atoms with Crippen LogP contribution in [0.4, 0.5) is 0 Å². The van der Waals surface area contributed by atoms with Crippen molar-refractivity contribution in [3.8, 4) is 0 Å². The van der Waals surface area contributed by atoms with Crippen molar-refractivity contribution in [2.45, 2.75) is 38.4 Å². The molecule has 0 amide bonds. The largest absolute Gasteiger partial charge is 0.481 e. The Kier molecular flexibility index (Phi) is 6.74. The first-order chi connectivity index (χ1) is 8.69. The number of carboxylic acids is 1. The van der Waals surface area contributed by atoms with E-state index in [-0.39, 0.29) is 5.75 Å². The molecule has 1 N–H and O–H groups in total. The molecule has 0 bridgehead atoms. The molecule has 1 rings (SSSR count). The van der Waals surface area contributed by atoms with Crippen molar-refractivity contribution in [1.82, 2.24) is 14.8 Å². The molecule has 0 aliphatic heterocycles. The van der Waals surface area contributed by atoms with Crippen LogP contribution in [-0.4, -0.2) is 44.8 Å². The molecule has 6 nitrogen and oxygen atoms in total. The molecule has 0 spiro atoms. The first-order valence-corrected chi connectivity index (χ1v) is 7.02. The van der Waals surface area contributed by atoms with Gasteiger partial charge in [0.2, 0.25) is 0 Å². The summed E-state index contributed by atoms with van der Waals surface area (Å²) in [5.74, 6) is 0.0212. The molecule has 0 atom stereocenters. The number of nitrogens with zero attached hydrogens (tertiary/aromatic N) is 3. The highest BCUT2D eigenvalue weighted by atomic mass is 32.2. The van der Waals surface area contributed by atoms with Crippen LogP contribution in [0.3, 0.4) is 0 Å². The van der Waals surface area contributed by atoms with E-state index >= 15 is 0 Å². The lowest BCUT2D eigenvalue weighted by atomic mass is 10.4. The van der Waals surface area contributed by atoms with E-state index in [1.54, 1.807) is 0 Å². The van der Waals surface area contributed by atoms with E-state index in [9.17, 15) is 4.79 Å². The third kappa shape index (κ3) is 4.66. The molecule has 1 aromatic heterocycles. The quantitative estimate of drug-likeness (QED) is 0.542. The van der Waals surface area contributed by atoms with Crippen molar-refractivity contribution in [1.29, 1.82) is 0 Å². The van der Waals surface area contributed by atoms with Crippen LogP contribution >= 0.6 is 11.8 Å². The lowest BCUT2D eigenvalue weighted by Gasteiger charge is -2.08. The summed E-state index contributed by atoms with van der Waals surface area (Å²) in [5, 5.41) is 17.5. The van der Waals surface area contributed by atoms with E-state index in [1.807, 2.05) is 11.5 Å². The first kappa shape index (κ1) is 15.0.